The van der Waals surface area contributed by atoms with Crippen molar-refractivity contribution in [2.75, 3.05) is 0 Å². The first-order valence-electron chi connectivity index (χ1n) is 12.9. The number of hydrogen-bond acceptors (Lipinski definition) is 0. The molecule has 142 valence electrons. The Morgan fingerprint density at radius 2 is 0.667 bits per heavy atom. The quantitative estimate of drug-likeness (QED) is 0.494. The summed E-state index contributed by atoms with van der Waals surface area (Å²) in [5.41, 5.74) is 6.05. The van der Waals surface area contributed by atoms with Crippen LogP contribution in [0.2, 0.25) is 0 Å². The van der Waals surface area contributed by atoms with E-state index in [1.165, 1.54) is 41.4 Å². The van der Waals surface area contributed by atoms with E-state index < -0.39 is 0 Å². The first kappa shape index (κ1) is 13.3. The highest BCUT2D eigenvalue weighted by Gasteiger charge is 3.00. The largest absolute Gasteiger partial charge is 0.0596 e. The molecule has 16 aliphatic rings. The fraction of sp³-hybridized carbons (Fsp3) is 1.00. The topological polar surface area (TPSA) is 0 Å². The van der Waals surface area contributed by atoms with Crippen molar-refractivity contribution in [1.29, 1.82) is 0 Å². The van der Waals surface area contributed by atoms with Gasteiger partial charge in [-0.1, -0.05) is 6.92 Å². The van der Waals surface area contributed by atoms with Crippen LogP contribution in [0.5, 0.6) is 0 Å². The molecule has 0 aromatic rings. The fourth-order valence-electron chi connectivity index (χ4n) is 19.1. The minimum absolute atomic E-state index is 0.759. The zero-order chi connectivity index (χ0) is 17.0. The maximum absolute atomic E-state index is 2.83. The monoisotopic (exact) mass is 358 g/mol. The molecule has 6 spiro atoms. The van der Waals surface area contributed by atoms with Crippen LogP contribution in [0, 0.1) is 79.3 Å². The molecule has 0 N–H and O–H groups in total. The zero-order valence-electron chi connectivity index (χ0n) is 17.0. The van der Waals surface area contributed by atoms with Gasteiger partial charge in [0, 0.05) is 0 Å². The summed E-state index contributed by atoms with van der Waals surface area (Å²) in [4.78, 5) is 0. The van der Waals surface area contributed by atoms with Crippen LogP contribution in [0.4, 0.5) is 0 Å². The van der Waals surface area contributed by atoms with Crippen LogP contribution in [0.15, 0.2) is 0 Å². The maximum Gasteiger partial charge on any atom is -0.0211 e. The van der Waals surface area contributed by atoms with Gasteiger partial charge < -0.3 is 0 Å². The third-order valence-corrected chi connectivity index (χ3v) is 15.2. The summed E-state index contributed by atoms with van der Waals surface area (Å²) in [7, 11) is 0. The van der Waals surface area contributed by atoms with Crippen molar-refractivity contribution in [2.45, 2.75) is 84.0 Å². The Labute approximate surface area is 163 Å². The Morgan fingerprint density at radius 1 is 0.407 bits per heavy atom. The molecule has 16 aliphatic carbocycles. The van der Waals surface area contributed by atoms with Crippen LogP contribution in [0.25, 0.3) is 0 Å². The van der Waals surface area contributed by atoms with Gasteiger partial charge in [-0.3, -0.25) is 0 Å². The summed E-state index contributed by atoms with van der Waals surface area (Å²) < 4.78 is 0. The van der Waals surface area contributed by atoms with Gasteiger partial charge in [0.15, 0.2) is 0 Å². The lowest BCUT2D eigenvalue weighted by atomic mass is 9.01. The van der Waals surface area contributed by atoms with Crippen molar-refractivity contribution in [3.63, 3.8) is 0 Å². The molecule has 0 aliphatic heterocycles. The van der Waals surface area contributed by atoms with Crippen molar-refractivity contribution >= 4 is 0 Å². The van der Waals surface area contributed by atoms with Crippen molar-refractivity contribution in [3.05, 3.63) is 0 Å². The van der Waals surface area contributed by atoms with E-state index in [1.807, 2.05) is 0 Å². The van der Waals surface area contributed by atoms with E-state index in [0.717, 1.165) is 37.9 Å². The van der Waals surface area contributed by atoms with Crippen LogP contribution in [-0.4, -0.2) is 0 Å². The van der Waals surface area contributed by atoms with E-state index >= 15 is 0 Å². The highest BCUT2D eigenvalue weighted by molar-refractivity contribution is 5.48. The van der Waals surface area contributed by atoms with E-state index in [0.29, 0.717) is 0 Å². The molecule has 16 saturated carbocycles. The molecule has 0 aromatic carbocycles. The number of rotatable bonds is 0. The zero-order valence-corrected chi connectivity index (χ0v) is 17.0. The van der Waals surface area contributed by atoms with Crippen molar-refractivity contribution in [3.8, 4) is 0 Å². The fourth-order valence-corrected chi connectivity index (χ4v) is 19.1. The second-order valence-electron chi connectivity index (χ2n) is 15.9. The first-order valence-corrected chi connectivity index (χ1v) is 12.9. The Kier molecular flexibility index (Phi) is 1.43. The smallest absolute Gasteiger partial charge is 0.0211 e. The van der Waals surface area contributed by atoms with Crippen molar-refractivity contribution in [2.24, 2.45) is 79.3 Å². The molecule has 0 aromatic heterocycles. The summed E-state index contributed by atoms with van der Waals surface area (Å²) in [6.45, 7) is 2.83. The Hall–Kier alpha value is 0. The molecular formula is C27H34. The molecule has 0 heterocycles. The molecule has 0 nitrogen and oxygen atoms in total. The van der Waals surface area contributed by atoms with Gasteiger partial charge in [-0.25, -0.2) is 0 Å². The molecule has 0 atom stereocenters. The predicted molar refractivity (Wildman–Crippen MR) is 103 cm³/mol. The standard InChI is InChI=1S/C27H34/c1-21-11-25-8-14-2-22-4-15-5-24-7-16-6-23(3-14,17(22)24)19(25)27(10-16,13-21)20(24)26(9-15,12-21)18(22)25/h14-20H,2-13H2,1H3. The van der Waals surface area contributed by atoms with E-state index in [1.54, 1.807) is 77.0 Å². The lowest BCUT2D eigenvalue weighted by Crippen LogP contribution is -2.97. The Balaban J connectivity index is 1.41. The second kappa shape index (κ2) is 2.89. The van der Waals surface area contributed by atoms with Crippen LogP contribution in [0.1, 0.15) is 84.0 Å². The van der Waals surface area contributed by atoms with Gasteiger partial charge in [0.05, 0.1) is 0 Å². The van der Waals surface area contributed by atoms with Gasteiger partial charge in [-0.2, -0.15) is 0 Å². The minimum atomic E-state index is 0.759. The first-order chi connectivity index (χ1) is 12.9. The minimum Gasteiger partial charge on any atom is -0.0596 e. The molecule has 0 radical (unpaired) electrons. The van der Waals surface area contributed by atoms with Gasteiger partial charge in [-0.05, 0) is 156 Å². The van der Waals surface area contributed by atoms with Gasteiger partial charge in [0.25, 0.3) is 0 Å². The average molecular weight is 359 g/mol. The lowest BCUT2D eigenvalue weighted by molar-refractivity contribution is -0.557. The molecule has 0 amide bonds. The Bertz CT molecular complexity index is 773. The SMILES string of the molecule is CC12CC34CC5CC67CC8CC9%10CC%11CC(C5)(C69)C3C(C%11)(C1)C%10C(C8)(C2)C74. The summed E-state index contributed by atoms with van der Waals surface area (Å²) in [6, 6.07) is 0. The van der Waals surface area contributed by atoms with E-state index in [-0.39, 0.29) is 0 Å². The molecule has 0 unspecified atom stereocenters. The van der Waals surface area contributed by atoms with Gasteiger partial charge in [-0.15, -0.1) is 0 Å². The highest BCUT2D eigenvalue weighted by atomic mass is 15.0. The Morgan fingerprint density at radius 3 is 1.00 bits per heavy atom. The second-order valence-corrected chi connectivity index (χ2v) is 15.9. The maximum atomic E-state index is 2.83. The molecule has 16 rings (SSSR count). The molecule has 0 saturated heterocycles. The van der Waals surface area contributed by atoms with E-state index in [9.17, 15) is 0 Å². The van der Waals surface area contributed by atoms with Crippen LogP contribution < -0.4 is 0 Å². The van der Waals surface area contributed by atoms with Gasteiger partial charge in [0.1, 0.15) is 0 Å². The summed E-state index contributed by atoms with van der Waals surface area (Å²) in [5.74, 6) is 8.48. The third kappa shape index (κ3) is 0.822. The predicted octanol–water partition coefficient (Wildman–Crippen LogP) is 6.06. The molecule has 16 fully saturated rings. The van der Waals surface area contributed by atoms with Gasteiger partial charge >= 0.3 is 0 Å². The summed E-state index contributed by atoms with van der Waals surface area (Å²) in [5, 5.41) is 0. The lowest BCUT2D eigenvalue weighted by Gasteiger charge is -3.03. The normalized spacial score (nSPS) is 88.6. The molecule has 27 heavy (non-hydrogen) atoms. The highest BCUT2D eigenvalue weighted by Crippen LogP contribution is 3.06. The molecule has 0 heteroatoms. The average Bonchev–Trinajstić information content (AvgIpc) is 2.45. The van der Waals surface area contributed by atoms with E-state index in [4.69, 9.17) is 0 Å². The molecular weight excluding hydrogens is 324 g/mol. The van der Waals surface area contributed by atoms with Crippen LogP contribution in [0.3, 0.4) is 0 Å². The molecule has 14 bridgehead atoms. The van der Waals surface area contributed by atoms with Crippen molar-refractivity contribution < 1.29 is 0 Å². The van der Waals surface area contributed by atoms with Crippen LogP contribution in [-0.2, 0) is 0 Å². The van der Waals surface area contributed by atoms with Crippen LogP contribution >= 0.6 is 0 Å². The number of hydrogen-bond donors (Lipinski definition) is 0. The summed E-state index contributed by atoms with van der Waals surface area (Å²) >= 11 is 0. The van der Waals surface area contributed by atoms with Gasteiger partial charge in [0.2, 0.25) is 0 Å². The third-order valence-electron chi connectivity index (χ3n) is 15.2. The summed E-state index contributed by atoms with van der Waals surface area (Å²) in [6.07, 6.45) is 20.7. The van der Waals surface area contributed by atoms with Crippen molar-refractivity contribution in [1.82, 2.24) is 0 Å². The van der Waals surface area contributed by atoms with E-state index in [2.05, 4.69) is 6.92 Å².